The number of hydrogen-bond acceptors (Lipinski definition) is 4. The Balaban J connectivity index is 1.66. The Hall–Kier alpha value is -1.61. The standard InChI is InChI=1S/C20H21BrN2O2/c1-25-15-2-3-18-17(11-15)16(5-8-22-18)20(24)19-10-13-6-9-23(19)12-14(13)4-7-21/h2-3,5,8,11,13-14,19-20,24H,6,9-10,12H2,1H3/t13-,14-,19+,20+/m0/s1. The highest BCUT2D eigenvalue weighted by Gasteiger charge is 2.42. The van der Waals surface area contributed by atoms with Crippen molar-refractivity contribution in [1.29, 1.82) is 0 Å². The molecule has 1 N–H and O–H groups in total. The number of aromatic nitrogens is 1. The van der Waals surface area contributed by atoms with E-state index in [9.17, 15) is 5.11 Å². The topological polar surface area (TPSA) is 45.6 Å². The minimum absolute atomic E-state index is 0.143. The van der Waals surface area contributed by atoms with Crippen molar-refractivity contribution in [3.05, 3.63) is 36.0 Å². The Morgan fingerprint density at radius 2 is 2.28 bits per heavy atom. The summed E-state index contributed by atoms with van der Waals surface area (Å²) >= 11 is 3.23. The van der Waals surface area contributed by atoms with Crippen molar-refractivity contribution in [2.75, 3.05) is 20.2 Å². The van der Waals surface area contributed by atoms with E-state index in [4.69, 9.17) is 4.74 Å². The second kappa shape index (κ2) is 6.95. The van der Waals surface area contributed by atoms with Gasteiger partial charge >= 0.3 is 0 Å². The fraction of sp³-hybridized carbons (Fsp3) is 0.450. The Kier molecular flexibility index (Phi) is 4.68. The highest BCUT2D eigenvalue weighted by atomic mass is 79.9. The molecule has 4 heterocycles. The molecule has 1 unspecified atom stereocenters. The van der Waals surface area contributed by atoms with Gasteiger partial charge in [-0.2, -0.15) is 0 Å². The van der Waals surface area contributed by atoms with E-state index in [0.717, 1.165) is 41.7 Å². The molecule has 5 atom stereocenters. The number of fused-ring (bicyclic) bond motifs is 4. The molecule has 3 aliphatic heterocycles. The van der Waals surface area contributed by atoms with Crippen LogP contribution < -0.4 is 4.74 Å². The molecule has 0 saturated carbocycles. The lowest BCUT2D eigenvalue weighted by Crippen LogP contribution is -2.55. The molecule has 25 heavy (non-hydrogen) atoms. The van der Waals surface area contributed by atoms with Crippen LogP contribution in [0.5, 0.6) is 5.75 Å². The average molecular weight is 401 g/mol. The highest BCUT2D eigenvalue weighted by Crippen LogP contribution is 2.41. The lowest BCUT2D eigenvalue weighted by Gasteiger charge is -2.50. The molecular weight excluding hydrogens is 380 g/mol. The van der Waals surface area contributed by atoms with Gasteiger partial charge in [0.25, 0.3) is 0 Å². The predicted molar refractivity (Wildman–Crippen MR) is 102 cm³/mol. The minimum Gasteiger partial charge on any atom is -0.497 e. The van der Waals surface area contributed by atoms with Gasteiger partial charge in [0.2, 0.25) is 0 Å². The van der Waals surface area contributed by atoms with E-state index in [1.165, 1.54) is 6.42 Å². The van der Waals surface area contributed by atoms with Crippen molar-refractivity contribution in [1.82, 2.24) is 9.88 Å². The quantitative estimate of drug-likeness (QED) is 0.802. The minimum atomic E-state index is -0.529. The zero-order chi connectivity index (χ0) is 17.4. The molecule has 5 rings (SSSR count). The number of ether oxygens (including phenoxy) is 1. The maximum absolute atomic E-state index is 11.2. The van der Waals surface area contributed by atoms with Gasteiger partial charge in [-0.3, -0.25) is 9.88 Å². The van der Waals surface area contributed by atoms with Gasteiger partial charge in [0.05, 0.1) is 18.7 Å². The fourth-order valence-corrected chi connectivity index (χ4v) is 4.66. The molecule has 5 heteroatoms. The van der Waals surface area contributed by atoms with Crippen LogP contribution in [0.4, 0.5) is 0 Å². The normalized spacial score (nSPS) is 29.1. The molecule has 2 aromatic rings. The third-order valence-corrected chi connectivity index (χ3v) is 5.94. The SMILES string of the molecule is COc1ccc2nccc([C@@H](O)[C@H]3C[C@@H]4CCN3C[C@@H]4C#CBr)c2c1. The van der Waals surface area contributed by atoms with Gasteiger partial charge in [-0.15, -0.1) is 0 Å². The summed E-state index contributed by atoms with van der Waals surface area (Å²) in [5.74, 6) is 5.04. The maximum Gasteiger partial charge on any atom is 0.119 e. The van der Waals surface area contributed by atoms with Crippen molar-refractivity contribution >= 4 is 26.8 Å². The van der Waals surface area contributed by atoms with E-state index in [0.29, 0.717) is 11.8 Å². The van der Waals surface area contributed by atoms with E-state index in [1.807, 2.05) is 24.3 Å². The molecule has 0 amide bonds. The zero-order valence-corrected chi connectivity index (χ0v) is 15.7. The number of benzene rings is 1. The van der Waals surface area contributed by atoms with Crippen molar-refractivity contribution in [3.8, 4) is 16.5 Å². The number of rotatable bonds is 3. The monoisotopic (exact) mass is 400 g/mol. The van der Waals surface area contributed by atoms with Crippen molar-refractivity contribution in [3.63, 3.8) is 0 Å². The largest absolute Gasteiger partial charge is 0.497 e. The highest BCUT2D eigenvalue weighted by molar-refractivity contribution is 9.12. The van der Waals surface area contributed by atoms with Crippen LogP contribution in [0, 0.1) is 22.6 Å². The summed E-state index contributed by atoms with van der Waals surface area (Å²) in [6, 6.07) is 7.89. The molecule has 0 aliphatic carbocycles. The van der Waals surface area contributed by atoms with Crippen LogP contribution in [0.15, 0.2) is 30.5 Å². The van der Waals surface area contributed by atoms with Crippen LogP contribution in [0.1, 0.15) is 24.5 Å². The van der Waals surface area contributed by atoms with E-state index in [-0.39, 0.29) is 6.04 Å². The number of pyridine rings is 1. The summed E-state index contributed by atoms with van der Waals surface area (Å²) in [6.07, 6.45) is 3.41. The van der Waals surface area contributed by atoms with Gasteiger partial charge in [-0.1, -0.05) is 5.92 Å². The Morgan fingerprint density at radius 3 is 3.00 bits per heavy atom. The Bertz CT molecular complexity index is 844. The van der Waals surface area contributed by atoms with Crippen molar-refractivity contribution < 1.29 is 9.84 Å². The maximum atomic E-state index is 11.2. The van der Waals surface area contributed by atoms with E-state index >= 15 is 0 Å². The first-order valence-corrected chi connectivity index (χ1v) is 9.46. The second-order valence-corrected chi connectivity index (χ2v) is 7.32. The second-order valence-electron chi connectivity index (χ2n) is 6.92. The number of piperidine rings is 3. The first kappa shape index (κ1) is 16.8. The van der Waals surface area contributed by atoms with E-state index in [2.05, 4.69) is 36.6 Å². The molecule has 0 radical (unpaired) electrons. The first-order valence-electron chi connectivity index (χ1n) is 8.67. The van der Waals surface area contributed by atoms with Gasteiger partial charge in [0.1, 0.15) is 5.75 Å². The van der Waals surface area contributed by atoms with Crippen LogP contribution in [0.2, 0.25) is 0 Å². The van der Waals surface area contributed by atoms with Gasteiger partial charge in [-0.25, -0.2) is 0 Å². The third-order valence-electron chi connectivity index (χ3n) is 5.71. The number of methoxy groups -OCH3 is 1. The van der Waals surface area contributed by atoms with Crippen molar-refractivity contribution in [2.24, 2.45) is 11.8 Å². The Labute approximate surface area is 156 Å². The molecule has 3 aliphatic rings. The van der Waals surface area contributed by atoms with Crippen LogP contribution in [0.25, 0.3) is 10.9 Å². The van der Waals surface area contributed by atoms with Gasteiger partial charge < -0.3 is 9.84 Å². The predicted octanol–water partition coefficient (Wildman–Crippen LogP) is 3.34. The number of aliphatic hydroxyl groups is 1. The fourth-order valence-electron chi connectivity index (χ4n) is 4.37. The number of aliphatic hydroxyl groups excluding tert-OH is 1. The first-order chi connectivity index (χ1) is 12.2. The molecule has 1 aromatic heterocycles. The molecule has 3 fully saturated rings. The molecule has 130 valence electrons. The molecule has 2 bridgehead atoms. The molecule has 1 aromatic carbocycles. The van der Waals surface area contributed by atoms with Crippen LogP contribution in [-0.2, 0) is 0 Å². The number of nitrogens with zero attached hydrogens (tertiary/aromatic N) is 2. The van der Waals surface area contributed by atoms with Crippen LogP contribution in [-0.4, -0.2) is 41.2 Å². The Morgan fingerprint density at radius 1 is 1.40 bits per heavy atom. The molecule has 4 nitrogen and oxygen atoms in total. The number of halogens is 1. The summed E-state index contributed by atoms with van der Waals surface area (Å²) in [5, 5.41) is 12.2. The summed E-state index contributed by atoms with van der Waals surface area (Å²) in [4.78, 5) is 9.71. The van der Waals surface area contributed by atoms with Gasteiger partial charge in [0, 0.05) is 46.0 Å². The molecule has 0 spiro atoms. The summed E-state index contributed by atoms with van der Waals surface area (Å²) in [6.45, 7) is 1.98. The lowest BCUT2D eigenvalue weighted by atomic mass is 9.74. The summed E-state index contributed by atoms with van der Waals surface area (Å²) in [5.41, 5.74) is 1.82. The average Bonchev–Trinajstić information content (AvgIpc) is 2.67. The summed E-state index contributed by atoms with van der Waals surface area (Å²) in [7, 11) is 1.66. The van der Waals surface area contributed by atoms with Crippen LogP contribution in [0.3, 0.4) is 0 Å². The van der Waals surface area contributed by atoms with Gasteiger partial charge in [-0.05, 0) is 60.0 Å². The van der Waals surface area contributed by atoms with Crippen molar-refractivity contribution in [2.45, 2.75) is 25.0 Å². The van der Waals surface area contributed by atoms with Gasteiger partial charge in [0.15, 0.2) is 0 Å². The lowest BCUT2D eigenvalue weighted by molar-refractivity contribution is -0.0425. The zero-order valence-electron chi connectivity index (χ0n) is 14.2. The smallest absolute Gasteiger partial charge is 0.119 e. The van der Waals surface area contributed by atoms with E-state index in [1.54, 1.807) is 13.3 Å². The number of hydrogen-bond donors (Lipinski definition) is 1. The third kappa shape index (κ3) is 3.03. The molecule has 3 saturated heterocycles. The van der Waals surface area contributed by atoms with E-state index < -0.39 is 6.10 Å². The van der Waals surface area contributed by atoms with Crippen LogP contribution >= 0.6 is 15.9 Å². The molecular formula is C20H21BrN2O2. The summed E-state index contributed by atoms with van der Waals surface area (Å²) < 4.78 is 5.35.